The highest BCUT2D eigenvalue weighted by molar-refractivity contribution is 7.99. The van der Waals surface area contributed by atoms with Crippen LogP contribution in [-0.2, 0) is 14.3 Å². The normalized spacial score (nSPS) is 15.0. The van der Waals surface area contributed by atoms with Crippen LogP contribution in [0.1, 0.15) is 37.0 Å². The molecule has 1 heterocycles. The number of nitrogens with one attached hydrogen (secondary N) is 2. The molecule has 1 aliphatic rings. The second-order valence-electron chi connectivity index (χ2n) is 5.31. The van der Waals surface area contributed by atoms with E-state index in [2.05, 4.69) is 10.6 Å². The summed E-state index contributed by atoms with van der Waals surface area (Å²) in [5, 5.41) is 5.49. The molecule has 0 saturated heterocycles. The highest BCUT2D eigenvalue weighted by Crippen LogP contribution is 2.31. The van der Waals surface area contributed by atoms with E-state index in [0.717, 1.165) is 11.3 Å². The summed E-state index contributed by atoms with van der Waals surface area (Å²) in [6, 6.07) is 5.04. The molecular formula is C16H20N2O4S. The van der Waals surface area contributed by atoms with Crippen LogP contribution in [0.25, 0.3) is 0 Å². The molecule has 1 atom stereocenters. The SMILES string of the molecule is CC[C@H](C)NC(=O)COC(=O)c1ccc2c(c1)NC(=O)CCS2. The van der Waals surface area contributed by atoms with Gasteiger partial charge in [0.25, 0.3) is 5.91 Å². The lowest BCUT2D eigenvalue weighted by Crippen LogP contribution is -2.35. The van der Waals surface area contributed by atoms with Crippen LogP contribution in [0.3, 0.4) is 0 Å². The van der Waals surface area contributed by atoms with Gasteiger partial charge in [-0.05, 0) is 31.5 Å². The van der Waals surface area contributed by atoms with Crippen molar-refractivity contribution in [1.29, 1.82) is 0 Å². The van der Waals surface area contributed by atoms with Crippen LogP contribution in [0.15, 0.2) is 23.1 Å². The Morgan fingerprint density at radius 1 is 1.43 bits per heavy atom. The number of ether oxygens (including phenoxy) is 1. The first-order valence-electron chi connectivity index (χ1n) is 7.52. The van der Waals surface area contributed by atoms with Crippen molar-refractivity contribution in [3.63, 3.8) is 0 Å². The van der Waals surface area contributed by atoms with Crippen molar-refractivity contribution in [3.8, 4) is 0 Å². The third-order valence-corrected chi connectivity index (χ3v) is 4.51. The molecule has 2 amide bonds. The van der Waals surface area contributed by atoms with Crippen LogP contribution in [0.2, 0.25) is 0 Å². The first kappa shape index (κ1) is 17.3. The Morgan fingerprint density at radius 2 is 2.22 bits per heavy atom. The van der Waals surface area contributed by atoms with Gasteiger partial charge in [-0.2, -0.15) is 0 Å². The maximum absolute atomic E-state index is 12.0. The van der Waals surface area contributed by atoms with E-state index in [1.54, 1.807) is 30.0 Å². The minimum atomic E-state index is -0.587. The molecule has 6 nitrogen and oxygen atoms in total. The van der Waals surface area contributed by atoms with Gasteiger partial charge >= 0.3 is 5.97 Å². The van der Waals surface area contributed by atoms with Crippen LogP contribution in [-0.4, -0.2) is 36.2 Å². The van der Waals surface area contributed by atoms with Gasteiger partial charge < -0.3 is 15.4 Å². The number of esters is 1. The Bertz CT molecular complexity index is 618. The predicted molar refractivity (Wildman–Crippen MR) is 88.6 cm³/mol. The molecule has 124 valence electrons. The van der Waals surface area contributed by atoms with Gasteiger partial charge in [0, 0.05) is 23.1 Å². The average molecular weight is 336 g/mol. The fraction of sp³-hybridized carbons (Fsp3) is 0.438. The van der Waals surface area contributed by atoms with E-state index in [1.165, 1.54) is 0 Å². The molecule has 0 radical (unpaired) electrons. The molecule has 0 fully saturated rings. The van der Waals surface area contributed by atoms with E-state index in [4.69, 9.17) is 4.74 Å². The fourth-order valence-corrected chi connectivity index (χ4v) is 2.92. The number of anilines is 1. The Kier molecular flexibility index (Phi) is 6.04. The molecule has 0 aliphatic carbocycles. The van der Waals surface area contributed by atoms with Crippen molar-refractivity contribution in [2.75, 3.05) is 17.7 Å². The number of rotatable bonds is 5. The first-order valence-corrected chi connectivity index (χ1v) is 8.51. The summed E-state index contributed by atoms with van der Waals surface area (Å²) in [6.07, 6.45) is 1.25. The third kappa shape index (κ3) is 4.99. The second-order valence-corrected chi connectivity index (χ2v) is 6.45. The zero-order valence-corrected chi connectivity index (χ0v) is 14.0. The minimum Gasteiger partial charge on any atom is -0.452 e. The minimum absolute atomic E-state index is 0.0425. The van der Waals surface area contributed by atoms with Gasteiger partial charge in [-0.1, -0.05) is 6.92 Å². The van der Waals surface area contributed by atoms with E-state index >= 15 is 0 Å². The Morgan fingerprint density at radius 3 is 2.96 bits per heavy atom. The van der Waals surface area contributed by atoms with E-state index < -0.39 is 5.97 Å². The second kappa shape index (κ2) is 8.01. The molecule has 0 aromatic heterocycles. The number of amides is 2. The number of carbonyl (C=O) groups is 3. The smallest absolute Gasteiger partial charge is 0.338 e. The molecule has 7 heteroatoms. The quantitative estimate of drug-likeness (QED) is 0.805. The van der Waals surface area contributed by atoms with Gasteiger partial charge in [0.2, 0.25) is 5.91 Å². The van der Waals surface area contributed by atoms with Crippen LogP contribution >= 0.6 is 11.8 Å². The lowest BCUT2D eigenvalue weighted by atomic mass is 10.2. The number of hydrogen-bond donors (Lipinski definition) is 2. The van der Waals surface area contributed by atoms with Gasteiger partial charge in [0.1, 0.15) is 0 Å². The fourth-order valence-electron chi connectivity index (χ4n) is 1.98. The first-order chi connectivity index (χ1) is 11.0. The molecule has 0 unspecified atom stereocenters. The molecule has 23 heavy (non-hydrogen) atoms. The molecule has 0 saturated carbocycles. The van der Waals surface area contributed by atoms with E-state index in [0.29, 0.717) is 23.4 Å². The molecule has 0 spiro atoms. The lowest BCUT2D eigenvalue weighted by molar-refractivity contribution is -0.124. The largest absolute Gasteiger partial charge is 0.452 e. The maximum Gasteiger partial charge on any atom is 0.338 e. The summed E-state index contributed by atoms with van der Waals surface area (Å²) >= 11 is 1.56. The van der Waals surface area contributed by atoms with E-state index in [9.17, 15) is 14.4 Å². The average Bonchev–Trinajstić information content (AvgIpc) is 2.72. The standard InChI is InChI=1S/C16H20N2O4S/c1-3-10(2)17-15(20)9-22-16(21)11-4-5-13-12(8-11)18-14(19)6-7-23-13/h4-5,8,10H,3,6-7,9H2,1-2H3,(H,17,20)(H,18,19)/t10-/m0/s1. The summed E-state index contributed by atoms with van der Waals surface area (Å²) in [4.78, 5) is 36.2. The van der Waals surface area contributed by atoms with Gasteiger partial charge in [-0.3, -0.25) is 9.59 Å². The van der Waals surface area contributed by atoms with Crippen molar-refractivity contribution >= 4 is 35.2 Å². The zero-order chi connectivity index (χ0) is 16.8. The predicted octanol–water partition coefficient (Wildman–Crippen LogP) is 2.19. The highest BCUT2D eigenvalue weighted by Gasteiger charge is 2.17. The highest BCUT2D eigenvalue weighted by atomic mass is 32.2. The van der Waals surface area contributed by atoms with Crippen LogP contribution in [0.4, 0.5) is 5.69 Å². The monoisotopic (exact) mass is 336 g/mol. The molecule has 2 rings (SSSR count). The summed E-state index contributed by atoms with van der Waals surface area (Å²) in [5.74, 6) is -0.282. The number of benzene rings is 1. The summed E-state index contributed by atoms with van der Waals surface area (Å²) in [7, 11) is 0. The Labute approximate surface area is 139 Å². The number of carbonyl (C=O) groups excluding carboxylic acids is 3. The van der Waals surface area contributed by atoms with Gasteiger partial charge in [0.05, 0.1) is 11.3 Å². The van der Waals surface area contributed by atoms with Crippen molar-refractivity contribution in [2.24, 2.45) is 0 Å². The Balaban J connectivity index is 1.97. The maximum atomic E-state index is 12.0. The van der Waals surface area contributed by atoms with E-state index in [1.807, 2.05) is 13.8 Å². The number of thioether (sulfide) groups is 1. The molecule has 1 aromatic rings. The van der Waals surface area contributed by atoms with Crippen molar-refractivity contribution in [1.82, 2.24) is 5.32 Å². The molecule has 1 aliphatic heterocycles. The van der Waals surface area contributed by atoms with Gasteiger partial charge in [-0.15, -0.1) is 11.8 Å². The van der Waals surface area contributed by atoms with Gasteiger partial charge in [-0.25, -0.2) is 4.79 Å². The topological polar surface area (TPSA) is 84.5 Å². The third-order valence-electron chi connectivity index (χ3n) is 3.43. The summed E-state index contributed by atoms with van der Waals surface area (Å²) in [6.45, 7) is 3.52. The summed E-state index contributed by atoms with van der Waals surface area (Å²) in [5.41, 5.74) is 0.916. The zero-order valence-electron chi connectivity index (χ0n) is 13.2. The molecule has 0 bridgehead atoms. The van der Waals surface area contributed by atoms with Gasteiger partial charge in [0.15, 0.2) is 6.61 Å². The van der Waals surface area contributed by atoms with Crippen molar-refractivity contribution in [2.45, 2.75) is 37.6 Å². The molecule has 2 N–H and O–H groups in total. The van der Waals surface area contributed by atoms with Crippen molar-refractivity contribution in [3.05, 3.63) is 23.8 Å². The number of hydrogen-bond acceptors (Lipinski definition) is 5. The van der Waals surface area contributed by atoms with Crippen LogP contribution in [0, 0.1) is 0 Å². The molecular weight excluding hydrogens is 316 g/mol. The van der Waals surface area contributed by atoms with Crippen LogP contribution < -0.4 is 10.6 Å². The van der Waals surface area contributed by atoms with Crippen molar-refractivity contribution < 1.29 is 19.1 Å². The Hall–Kier alpha value is -2.02. The van der Waals surface area contributed by atoms with Crippen LogP contribution in [0.5, 0.6) is 0 Å². The lowest BCUT2D eigenvalue weighted by Gasteiger charge is -2.12. The molecule has 1 aromatic carbocycles. The van der Waals surface area contributed by atoms with E-state index in [-0.39, 0.29) is 24.5 Å². The number of fused-ring (bicyclic) bond motifs is 1. The summed E-state index contributed by atoms with van der Waals surface area (Å²) < 4.78 is 5.01.